The molecule has 0 amide bonds. The van der Waals surface area contributed by atoms with E-state index in [1.165, 1.54) is 30.3 Å². The van der Waals surface area contributed by atoms with Gasteiger partial charge in [0.2, 0.25) is 0 Å². The third-order valence-electron chi connectivity index (χ3n) is 6.24. The van der Waals surface area contributed by atoms with Crippen LogP contribution in [0, 0.1) is 11.6 Å². The third kappa shape index (κ3) is 5.55. The molecule has 0 aliphatic heterocycles. The Balaban J connectivity index is 1.53. The first-order valence-corrected chi connectivity index (χ1v) is 11.2. The van der Waals surface area contributed by atoms with E-state index in [9.17, 15) is 22.0 Å². The molecule has 0 N–H and O–H groups in total. The molecule has 0 heterocycles. The third-order valence-corrected chi connectivity index (χ3v) is 6.24. The Morgan fingerprint density at radius 3 is 2.33 bits per heavy atom. The lowest BCUT2D eigenvalue weighted by Crippen LogP contribution is -2.17. The molecule has 0 saturated heterocycles. The van der Waals surface area contributed by atoms with E-state index >= 15 is 0 Å². The summed E-state index contributed by atoms with van der Waals surface area (Å²) in [5.74, 6) is -1.01. The molecule has 1 aliphatic carbocycles. The number of rotatable bonds is 6. The molecule has 0 spiro atoms. The summed E-state index contributed by atoms with van der Waals surface area (Å²) in [6.07, 6.45) is 0.150. The fraction of sp³-hybridized carbons (Fsp3) is 0.333. The summed E-state index contributed by atoms with van der Waals surface area (Å²) < 4.78 is 70.7. The van der Waals surface area contributed by atoms with Crippen molar-refractivity contribution in [2.45, 2.75) is 57.7 Å². The first-order chi connectivity index (χ1) is 15.7. The molecule has 3 aromatic rings. The number of ether oxygens (including phenoxy) is 1. The van der Waals surface area contributed by atoms with E-state index in [1.54, 1.807) is 12.1 Å². The zero-order chi connectivity index (χ0) is 23.6. The van der Waals surface area contributed by atoms with Gasteiger partial charge in [-0.05, 0) is 96.2 Å². The zero-order valence-electron chi connectivity index (χ0n) is 18.3. The van der Waals surface area contributed by atoms with Crippen LogP contribution in [0.1, 0.15) is 54.4 Å². The maximum atomic E-state index is 14.9. The van der Waals surface area contributed by atoms with E-state index in [2.05, 4.69) is 11.7 Å². The summed E-state index contributed by atoms with van der Waals surface area (Å²) in [4.78, 5) is 0. The average Bonchev–Trinajstić information content (AvgIpc) is 2.76. The van der Waals surface area contributed by atoms with Crippen molar-refractivity contribution >= 4 is 0 Å². The molecule has 1 atom stereocenters. The van der Waals surface area contributed by atoms with Crippen LogP contribution >= 0.6 is 0 Å². The minimum Gasteiger partial charge on any atom is -0.406 e. The molecule has 33 heavy (non-hydrogen) atoms. The van der Waals surface area contributed by atoms with Gasteiger partial charge in [-0.1, -0.05) is 37.6 Å². The van der Waals surface area contributed by atoms with E-state index in [1.807, 2.05) is 12.1 Å². The van der Waals surface area contributed by atoms with Gasteiger partial charge in [0.25, 0.3) is 0 Å². The van der Waals surface area contributed by atoms with Crippen LogP contribution in [0.3, 0.4) is 0 Å². The van der Waals surface area contributed by atoms with E-state index in [0.29, 0.717) is 29.5 Å². The number of aryl methyl sites for hydroxylation is 2. The van der Waals surface area contributed by atoms with Crippen molar-refractivity contribution in [2.24, 2.45) is 0 Å². The molecule has 0 saturated carbocycles. The van der Waals surface area contributed by atoms with Gasteiger partial charge in [-0.25, -0.2) is 8.78 Å². The summed E-state index contributed by atoms with van der Waals surface area (Å²) in [6, 6.07) is 13.9. The number of hydrogen-bond donors (Lipinski definition) is 0. The molecule has 0 bridgehead atoms. The minimum atomic E-state index is -4.77. The molecule has 1 unspecified atom stereocenters. The number of hydrogen-bond acceptors (Lipinski definition) is 1. The second-order valence-electron chi connectivity index (χ2n) is 8.57. The summed E-state index contributed by atoms with van der Waals surface area (Å²) >= 11 is 0. The largest absolute Gasteiger partial charge is 0.573 e. The van der Waals surface area contributed by atoms with Gasteiger partial charge < -0.3 is 4.74 Å². The monoisotopic (exact) mass is 460 g/mol. The molecular weight excluding hydrogens is 435 g/mol. The number of unbranched alkanes of at least 4 members (excludes halogenated alkanes) is 1. The Labute approximate surface area is 190 Å². The first kappa shape index (κ1) is 23.3. The highest BCUT2D eigenvalue weighted by Gasteiger charge is 2.31. The van der Waals surface area contributed by atoms with Gasteiger partial charge in [0.1, 0.15) is 17.4 Å². The van der Waals surface area contributed by atoms with Crippen LogP contribution in [0.5, 0.6) is 5.75 Å². The smallest absolute Gasteiger partial charge is 0.406 e. The Bertz CT molecular complexity index is 1120. The maximum absolute atomic E-state index is 14.9. The standard InChI is InChI=1S/C27H25F5O/c1-2-3-4-17-5-12-23(25(28)13-17)20-7-6-19-15-24(26(29)16-21(19)14-20)18-8-10-22(11-9-18)33-27(30,31)32/h5,8-13,15-16,20H,2-4,6-7,14H2,1H3. The fourth-order valence-corrected chi connectivity index (χ4v) is 4.54. The van der Waals surface area contributed by atoms with Crippen LogP contribution in [0.4, 0.5) is 22.0 Å². The molecular formula is C27H25F5O. The van der Waals surface area contributed by atoms with E-state index < -0.39 is 12.2 Å². The molecule has 0 aromatic heterocycles. The summed E-state index contributed by atoms with van der Waals surface area (Å²) in [5.41, 5.74) is 4.30. The van der Waals surface area contributed by atoms with E-state index in [4.69, 9.17) is 0 Å². The van der Waals surface area contributed by atoms with E-state index in [-0.39, 0.29) is 17.5 Å². The Kier molecular flexibility index (Phi) is 6.73. The number of fused-ring (bicyclic) bond motifs is 1. The van der Waals surface area contributed by atoms with Crippen molar-refractivity contribution in [3.05, 3.63) is 88.5 Å². The minimum absolute atomic E-state index is 0.0122. The highest BCUT2D eigenvalue weighted by atomic mass is 19.4. The van der Waals surface area contributed by atoms with Crippen molar-refractivity contribution in [2.75, 3.05) is 0 Å². The number of benzene rings is 3. The second kappa shape index (κ2) is 9.54. The van der Waals surface area contributed by atoms with Gasteiger partial charge in [0.15, 0.2) is 0 Å². The molecule has 3 aromatic carbocycles. The lowest BCUT2D eigenvalue weighted by molar-refractivity contribution is -0.274. The van der Waals surface area contributed by atoms with Crippen LogP contribution in [0.2, 0.25) is 0 Å². The molecule has 1 aliphatic rings. The quantitative estimate of drug-likeness (QED) is 0.337. The van der Waals surface area contributed by atoms with Crippen molar-refractivity contribution in [3.63, 3.8) is 0 Å². The van der Waals surface area contributed by atoms with Gasteiger partial charge in [0.05, 0.1) is 0 Å². The fourth-order valence-electron chi connectivity index (χ4n) is 4.54. The first-order valence-electron chi connectivity index (χ1n) is 11.2. The average molecular weight is 460 g/mol. The normalized spacial score (nSPS) is 15.9. The van der Waals surface area contributed by atoms with Crippen LogP contribution in [-0.4, -0.2) is 6.36 Å². The molecule has 4 rings (SSSR count). The Morgan fingerprint density at radius 2 is 1.67 bits per heavy atom. The molecule has 1 nitrogen and oxygen atoms in total. The highest BCUT2D eigenvalue weighted by molar-refractivity contribution is 5.67. The predicted octanol–water partition coefficient (Wildman–Crippen LogP) is 8.15. The van der Waals surface area contributed by atoms with Gasteiger partial charge in [-0.2, -0.15) is 0 Å². The van der Waals surface area contributed by atoms with Crippen molar-refractivity contribution in [1.29, 1.82) is 0 Å². The van der Waals surface area contributed by atoms with Gasteiger partial charge >= 0.3 is 6.36 Å². The van der Waals surface area contributed by atoms with E-state index in [0.717, 1.165) is 42.4 Å². The van der Waals surface area contributed by atoms with Gasteiger partial charge in [-0.15, -0.1) is 13.2 Å². The lowest BCUT2D eigenvalue weighted by Gasteiger charge is -2.26. The van der Waals surface area contributed by atoms with Crippen LogP contribution in [-0.2, 0) is 19.3 Å². The number of alkyl halides is 3. The molecule has 6 heteroatoms. The zero-order valence-corrected chi connectivity index (χ0v) is 18.3. The Morgan fingerprint density at radius 1 is 0.909 bits per heavy atom. The Hall–Kier alpha value is -2.89. The van der Waals surface area contributed by atoms with Gasteiger partial charge in [-0.3, -0.25) is 0 Å². The topological polar surface area (TPSA) is 9.23 Å². The molecule has 0 fully saturated rings. The van der Waals surface area contributed by atoms with Crippen molar-refractivity contribution in [1.82, 2.24) is 0 Å². The van der Waals surface area contributed by atoms with Crippen molar-refractivity contribution < 1.29 is 26.7 Å². The molecule has 174 valence electrons. The molecule has 0 radical (unpaired) electrons. The van der Waals surface area contributed by atoms with Crippen LogP contribution < -0.4 is 4.74 Å². The predicted molar refractivity (Wildman–Crippen MR) is 118 cm³/mol. The van der Waals surface area contributed by atoms with Crippen LogP contribution in [0.15, 0.2) is 54.6 Å². The second-order valence-corrected chi connectivity index (χ2v) is 8.57. The SMILES string of the molecule is CCCCc1ccc(C2CCc3cc(-c4ccc(OC(F)(F)F)cc4)c(F)cc3C2)c(F)c1. The lowest BCUT2D eigenvalue weighted by atomic mass is 9.79. The highest BCUT2D eigenvalue weighted by Crippen LogP contribution is 2.37. The number of halogens is 5. The van der Waals surface area contributed by atoms with Gasteiger partial charge in [0, 0.05) is 5.56 Å². The van der Waals surface area contributed by atoms with Crippen LogP contribution in [0.25, 0.3) is 11.1 Å². The summed E-state index contributed by atoms with van der Waals surface area (Å²) in [5, 5.41) is 0. The summed E-state index contributed by atoms with van der Waals surface area (Å²) in [6.45, 7) is 2.10. The summed E-state index contributed by atoms with van der Waals surface area (Å²) in [7, 11) is 0. The maximum Gasteiger partial charge on any atom is 0.573 e. The van der Waals surface area contributed by atoms with Crippen molar-refractivity contribution in [3.8, 4) is 16.9 Å².